The molecule has 0 unspecified atom stereocenters. The lowest BCUT2D eigenvalue weighted by atomic mass is 10.1. The van der Waals surface area contributed by atoms with Crippen molar-refractivity contribution in [2.75, 3.05) is 30.4 Å². The summed E-state index contributed by atoms with van der Waals surface area (Å²) in [5.41, 5.74) is 1.55. The minimum atomic E-state index is -4.17. The van der Waals surface area contributed by atoms with Crippen LogP contribution in [0.3, 0.4) is 0 Å². The zero-order chi connectivity index (χ0) is 24.7. The second-order valence-corrected chi connectivity index (χ2v) is 9.38. The molecule has 3 aromatic carbocycles. The third kappa shape index (κ3) is 5.78. The van der Waals surface area contributed by atoms with Crippen LogP contribution in [0.2, 0.25) is 5.02 Å². The first-order valence-electron chi connectivity index (χ1n) is 10.0. The molecule has 0 saturated heterocycles. The van der Waals surface area contributed by atoms with E-state index >= 15 is 0 Å². The van der Waals surface area contributed by atoms with Crippen LogP contribution in [0.25, 0.3) is 0 Å². The number of nitrogens with zero attached hydrogens (tertiary/aromatic N) is 2. The summed E-state index contributed by atoms with van der Waals surface area (Å²) >= 11 is 5.97. The van der Waals surface area contributed by atoms with Gasteiger partial charge in [-0.25, -0.2) is 8.42 Å². The van der Waals surface area contributed by atoms with Gasteiger partial charge in [-0.2, -0.15) is 5.26 Å². The van der Waals surface area contributed by atoms with E-state index in [9.17, 15) is 13.2 Å². The summed E-state index contributed by atoms with van der Waals surface area (Å²) in [6, 6.07) is 19.1. The number of sulfonamides is 1. The Morgan fingerprint density at radius 2 is 1.65 bits per heavy atom. The van der Waals surface area contributed by atoms with Crippen LogP contribution in [0.5, 0.6) is 11.5 Å². The number of hydrogen-bond donors (Lipinski definition) is 1. The summed E-state index contributed by atoms with van der Waals surface area (Å²) in [5, 5.41) is 11.9. The van der Waals surface area contributed by atoms with Crippen molar-refractivity contribution in [3.05, 3.63) is 77.3 Å². The van der Waals surface area contributed by atoms with E-state index in [4.69, 9.17) is 26.3 Å². The fourth-order valence-electron chi connectivity index (χ4n) is 3.15. The zero-order valence-electron chi connectivity index (χ0n) is 18.5. The molecule has 3 aromatic rings. The summed E-state index contributed by atoms with van der Waals surface area (Å²) in [4.78, 5) is 12.8. The predicted octanol–water partition coefficient (Wildman–Crippen LogP) is 4.26. The Hall–Kier alpha value is -3.74. The van der Waals surface area contributed by atoms with Gasteiger partial charge in [0.1, 0.15) is 6.54 Å². The number of carbonyl (C=O) groups excluding carboxylic acids is 1. The molecule has 0 heterocycles. The van der Waals surface area contributed by atoms with Crippen LogP contribution in [0.4, 0.5) is 11.4 Å². The molecule has 1 N–H and O–H groups in total. The standard InChI is InChI=1S/C24H22ClN3O5S/c1-32-22-12-11-21(15-23(22)33-2)34(30,31)28(20-9-5-18(25)6-10-20)16-24(29)27-19-7-3-17(4-8-19)13-14-26/h3-12,15H,13,16H2,1-2H3,(H,27,29). The number of halogens is 1. The summed E-state index contributed by atoms with van der Waals surface area (Å²) in [6.07, 6.45) is 0.252. The maximum atomic E-state index is 13.6. The minimum absolute atomic E-state index is 0.0752. The van der Waals surface area contributed by atoms with Crippen LogP contribution in [0, 0.1) is 11.3 Å². The summed E-state index contributed by atoms with van der Waals surface area (Å²) in [5.74, 6) is 0.0608. The maximum absolute atomic E-state index is 13.6. The minimum Gasteiger partial charge on any atom is -0.493 e. The Morgan fingerprint density at radius 3 is 2.24 bits per heavy atom. The van der Waals surface area contributed by atoms with Gasteiger partial charge >= 0.3 is 0 Å². The Kier molecular flexibility index (Phi) is 7.99. The third-order valence-corrected chi connectivity index (χ3v) is 6.89. The number of methoxy groups -OCH3 is 2. The molecule has 0 fully saturated rings. The number of benzene rings is 3. The SMILES string of the molecule is COc1ccc(S(=O)(=O)N(CC(=O)Nc2ccc(CC#N)cc2)c2ccc(Cl)cc2)cc1OC. The Morgan fingerprint density at radius 1 is 1.00 bits per heavy atom. The molecule has 0 aliphatic rings. The van der Waals surface area contributed by atoms with Gasteiger partial charge in [0.25, 0.3) is 10.0 Å². The fraction of sp³-hybridized carbons (Fsp3) is 0.167. The van der Waals surface area contributed by atoms with Crippen molar-refractivity contribution >= 4 is 38.9 Å². The Bertz CT molecular complexity index is 1300. The van der Waals surface area contributed by atoms with E-state index in [1.165, 1.54) is 44.6 Å². The van der Waals surface area contributed by atoms with Gasteiger partial charge in [-0.3, -0.25) is 9.10 Å². The van der Waals surface area contributed by atoms with Gasteiger partial charge in [0.05, 0.1) is 37.3 Å². The van der Waals surface area contributed by atoms with Gasteiger partial charge in [0, 0.05) is 16.8 Å². The van der Waals surface area contributed by atoms with Crippen molar-refractivity contribution < 1.29 is 22.7 Å². The van der Waals surface area contributed by atoms with E-state index in [1.807, 2.05) is 0 Å². The molecule has 0 spiro atoms. The second kappa shape index (κ2) is 10.9. The molecule has 0 aromatic heterocycles. The number of nitrogens with one attached hydrogen (secondary N) is 1. The van der Waals surface area contributed by atoms with Crippen molar-refractivity contribution in [3.63, 3.8) is 0 Å². The van der Waals surface area contributed by atoms with Crippen LogP contribution in [0.1, 0.15) is 5.56 Å². The first-order chi connectivity index (χ1) is 16.3. The highest BCUT2D eigenvalue weighted by Crippen LogP contribution is 2.32. The van der Waals surface area contributed by atoms with Crippen molar-refractivity contribution in [1.82, 2.24) is 0 Å². The summed E-state index contributed by atoms with van der Waals surface area (Å²) in [7, 11) is -1.32. The van der Waals surface area contributed by atoms with Crippen molar-refractivity contribution in [2.45, 2.75) is 11.3 Å². The van der Waals surface area contributed by atoms with Crippen LogP contribution >= 0.6 is 11.6 Å². The maximum Gasteiger partial charge on any atom is 0.264 e. The molecule has 8 nitrogen and oxygen atoms in total. The predicted molar refractivity (Wildman–Crippen MR) is 130 cm³/mol. The van der Waals surface area contributed by atoms with Gasteiger partial charge < -0.3 is 14.8 Å². The second-order valence-electron chi connectivity index (χ2n) is 7.08. The molecule has 0 bridgehead atoms. The zero-order valence-corrected chi connectivity index (χ0v) is 20.1. The van der Waals surface area contributed by atoms with Crippen LogP contribution in [-0.4, -0.2) is 35.1 Å². The number of anilines is 2. The quantitative estimate of drug-likeness (QED) is 0.471. The highest BCUT2D eigenvalue weighted by atomic mass is 35.5. The van der Waals surface area contributed by atoms with Crippen molar-refractivity contribution in [1.29, 1.82) is 5.26 Å². The summed E-state index contributed by atoms with van der Waals surface area (Å²) < 4.78 is 38.6. The molecule has 3 rings (SSSR count). The molecule has 1 amide bonds. The van der Waals surface area contributed by atoms with Gasteiger partial charge in [0.2, 0.25) is 5.91 Å². The molecular formula is C24H22ClN3O5S. The first-order valence-corrected chi connectivity index (χ1v) is 11.9. The molecule has 0 radical (unpaired) electrons. The monoisotopic (exact) mass is 499 g/mol. The lowest BCUT2D eigenvalue weighted by Crippen LogP contribution is -2.38. The number of ether oxygens (including phenoxy) is 2. The van der Waals surface area contributed by atoms with Gasteiger partial charge in [0.15, 0.2) is 11.5 Å². The molecule has 34 heavy (non-hydrogen) atoms. The molecule has 0 atom stereocenters. The molecule has 176 valence electrons. The van der Waals surface area contributed by atoms with Crippen molar-refractivity contribution in [2.24, 2.45) is 0 Å². The van der Waals surface area contributed by atoms with E-state index < -0.39 is 22.5 Å². The molecule has 0 saturated carbocycles. The Labute approximate surface area is 203 Å². The number of amides is 1. The normalized spacial score (nSPS) is 10.8. The Balaban J connectivity index is 1.93. The van der Waals surface area contributed by atoms with Crippen LogP contribution in [-0.2, 0) is 21.2 Å². The average Bonchev–Trinajstić information content (AvgIpc) is 2.84. The summed E-state index contributed by atoms with van der Waals surface area (Å²) in [6.45, 7) is -0.488. The number of carbonyl (C=O) groups is 1. The highest BCUT2D eigenvalue weighted by Gasteiger charge is 2.28. The first kappa shape index (κ1) is 24.9. The van der Waals surface area contributed by atoms with Crippen LogP contribution in [0.15, 0.2) is 71.6 Å². The van der Waals surface area contributed by atoms with Gasteiger partial charge in [-0.1, -0.05) is 23.7 Å². The van der Waals surface area contributed by atoms with E-state index in [0.29, 0.717) is 16.5 Å². The molecule has 10 heteroatoms. The van der Waals surface area contributed by atoms with E-state index in [1.54, 1.807) is 36.4 Å². The van der Waals surface area contributed by atoms with Gasteiger partial charge in [-0.05, 0) is 54.1 Å². The molecule has 0 aliphatic carbocycles. The van der Waals surface area contributed by atoms with Crippen LogP contribution < -0.4 is 19.1 Å². The van der Waals surface area contributed by atoms with Crippen molar-refractivity contribution in [3.8, 4) is 17.6 Å². The highest BCUT2D eigenvalue weighted by molar-refractivity contribution is 7.92. The number of nitriles is 1. The lowest BCUT2D eigenvalue weighted by molar-refractivity contribution is -0.114. The number of rotatable bonds is 9. The smallest absolute Gasteiger partial charge is 0.264 e. The molecule has 0 aliphatic heterocycles. The van der Waals surface area contributed by atoms with E-state index in [-0.39, 0.29) is 22.8 Å². The average molecular weight is 500 g/mol. The fourth-order valence-corrected chi connectivity index (χ4v) is 4.72. The van der Waals surface area contributed by atoms with Gasteiger partial charge in [-0.15, -0.1) is 0 Å². The third-order valence-electron chi connectivity index (χ3n) is 4.87. The number of hydrogen-bond acceptors (Lipinski definition) is 6. The molecular weight excluding hydrogens is 478 g/mol. The van der Waals surface area contributed by atoms with E-state index in [0.717, 1.165) is 9.87 Å². The lowest BCUT2D eigenvalue weighted by Gasteiger charge is -2.24. The largest absolute Gasteiger partial charge is 0.493 e. The topological polar surface area (TPSA) is 109 Å². The van der Waals surface area contributed by atoms with E-state index in [2.05, 4.69) is 11.4 Å².